The summed E-state index contributed by atoms with van der Waals surface area (Å²) in [5.74, 6) is -0.000830. The van der Waals surface area contributed by atoms with E-state index in [0.717, 1.165) is 0 Å². The first-order valence-corrected chi connectivity index (χ1v) is 7.60. The predicted octanol–water partition coefficient (Wildman–Crippen LogP) is 1.08. The zero-order chi connectivity index (χ0) is 12.6. The Kier molecular flexibility index (Phi) is 4.08. The second-order valence-corrected chi connectivity index (χ2v) is 7.93. The van der Waals surface area contributed by atoms with E-state index in [1.807, 2.05) is 20.8 Å². The number of nitrogens with one attached hydrogen (secondary N) is 1. The molecule has 0 aromatic carbocycles. The van der Waals surface area contributed by atoms with Crippen LogP contribution in [-0.2, 0) is 14.6 Å². The third kappa shape index (κ3) is 4.43. The van der Waals surface area contributed by atoms with E-state index in [1.54, 1.807) is 0 Å². The van der Waals surface area contributed by atoms with Crippen LogP contribution in [-0.4, -0.2) is 42.1 Å². The van der Waals surface area contributed by atoms with Gasteiger partial charge in [0.15, 0.2) is 9.84 Å². The van der Waals surface area contributed by atoms with Gasteiger partial charge in [-0.3, -0.25) is 0 Å². The van der Waals surface area contributed by atoms with Gasteiger partial charge in [-0.05, 0) is 33.0 Å². The van der Waals surface area contributed by atoms with E-state index in [0.29, 0.717) is 0 Å². The van der Waals surface area contributed by atoms with E-state index >= 15 is 0 Å². The van der Waals surface area contributed by atoms with Crippen molar-refractivity contribution in [2.45, 2.75) is 37.8 Å². The summed E-state index contributed by atoms with van der Waals surface area (Å²) in [6.45, 7) is 5.60. The Hall–Kier alpha value is -0.0700. The average molecular weight is 286 g/mol. The van der Waals surface area contributed by atoms with Crippen LogP contribution >= 0.6 is 23.8 Å². The summed E-state index contributed by atoms with van der Waals surface area (Å²) in [4.78, 5) is 0. The first-order chi connectivity index (χ1) is 7.09. The molecule has 94 valence electrons. The molecule has 4 nitrogen and oxygen atoms in total. The van der Waals surface area contributed by atoms with Gasteiger partial charge in [0.2, 0.25) is 0 Å². The Labute approximate surface area is 107 Å². The lowest BCUT2D eigenvalue weighted by atomic mass is 10.2. The minimum absolute atomic E-state index is 0.00874. The van der Waals surface area contributed by atoms with E-state index in [9.17, 15) is 8.42 Å². The number of halogens is 1. The molecule has 0 saturated carbocycles. The quantitative estimate of drug-likeness (QED) is 0.577. The van der Waals surface area contributed by atoms with Gasteiger partial charge in [0.05, 0.1) is 22.9 Å². The van der Waals surface area contributed by atoms with Gasteiger partial charge in [0.25, 0.3) is 5.17 Å². The number of thiocarbonyl (C=S) groups is 1. The first kappa shape index (κ1) is 14.0. The maximum absolute atomic E-state index is 11.3. The summed E-state index contributed by atoms with van der Waals surface area (Å²) in [6.07, 6.45) is 0. The monoisotopic (exact) mass is 285 g/mol. The molecule has 1 rings (SSSR count). The van der Waals surface area contributed by atoms with Crippen LogP contribution in [0.2, 0.25) is 0 Å². The SMILES string of the molecule is CC(C)(C)OC(=S)N[C@H]1CS(=O)(=O)C[C@@H]1Cl. The molecule has 0 amide bonds. The molecule has 1 aliphatic rings. The van der Waals surface area contributed by atoms with Crippen LogP contribution < -0.4 is 5.32 Å². The largest absolute Gasteiger partial charge is 0.465 e. The molecule has 0 aromatic heterocycles. The zero-order valence-electron chi connectivity index (χ0n) is 9.49. The molecule has 1 fully saturated rings. The molecule has 2 atom stereocenters. The van der Waals surface area contributed by atoms with Gasteiger partial charge in [0.1, 0.15) is 5.60 Å². The summed E-state index contributed by atoms with van der Waals surface area (Å²) in [7, 11) is -3.04. The fraction of sp³-hybridized carbons (Fsp3) is 0.889. The fourth-order valence-corrected chi connectivity index (χ4v) is 4.35. The number of sulfone groups is 1. The Morgan fingerprint density at radius 1 is 1.44 bits per heavy atom. The third-order valence-electron chi connectivity index (χ3n) is 1.99. The summed E-state index contributed by atoms with van der Waals surface area (Å²) < 4.78 is 28.0. The molecule has 0 unspecified atom stereocenters. The number of hydrogen-bond acceptors (Lipinski definition) is 4. The molecule has 1 heterocycles. The fourth-order valence-electron chi connectivity index (χ4n) is 1.40. The molecule has 0 aromatic rings. The average Bonchev–Trinajstić information content (AvgIpc) is 2.19. The number of alkyl halides is 1. The van der Waals surface area contributed by atoms with Crippen LogP contribution in [0.5, 0.6) is 0 Å². The Balaban J connectivity index is 2.53. The Morgan fingerprint density at radius 2 is 2.00 bits per heavy atom. The maximum Gasteiger partial charge on any atom is 0.257 e. The van der Waals surface area contributed by atoms with E-state index in [-0.39, 0.29) is 22.7 Å². The van der Waals surface area contributed by atoms with Crippen LogP contribution in [0.3, 0.4) is 0 Å². The topological polar surface area (TPSA) is 55.4 Å². The number of rotatable bonds is 1. The lowest BCUT2D eigenvalue weighted by molar-refractivity contribution is 0.113. The van der Waals surface area contributed by atoms with Crippen molar-refractivity contribution in [2.75, 3.05) is 11.5 Å². The highest BCUT2D eigenvalue weighted by Crippen LogP contribution is 2.18. The maximum atomic E-state index is 11.3. The van der Waals surface area contributed by atoms with Gasteiger partial charge in [0, 0.05) is 0 Å². The van der Waals surface area contributed by atoms with Gasteiger partial charge in [-0.25, -0.2) is 8.42 Å². The summed E-state index contributed by atoms with van der Waals surface area (Å²) in [5, 5.41) is 2.58. The van der Waals surface area contributed by atoms with Gasteiger partial charge < -0.3 is 10.1 Å². The van der Waals surface area contributed by atoms with Crippen molar-refractivity contribution in [3.8, 4) is 0 Å². The molecular formula is C9H16ClNO3S2. The van der Waals surface area contributed by atoms with Crippen LogP contribution in [0, 0.1) is 0 Å². The van der Waals surface area contributed by atoms with E-state index in [2.05, 4.69) is 5.32 Å². The highest BCUT2D eigenvalue weighted by Gasteiger charge is 2.37. The van der Waals surface area contributed by atoms with Crippen molar-refractivity contribution < 1.29 is 13.2 Å². The van der Waals surface area contributed by atoms with Crippen molar-refractivity contribution in [3.05, 3.63) is 0 Å². The molecule has 7 heteroatoms. The Morgan fingerprint density at radius 3 is 2.38 bits per heavy atom. The van der Waals surface area contributed by atoms with Crippen molar-refractivity contribution in [2.24, 2.45) is 0 Å². The van der Waals surface area contributed by atoms with E-state index in [4.69, 9.17) is 28.6 Å². The lowest BCUT2D eigenvalue weighted by Gasteiger charge is -2.24. The lowest BCUT2D eigenvalue weighted by Crippen LogP contribution is -2.43. The molecular weight excluding hydrogens is 270 g/mol. The molecule has 1 aliphatic heterocycles. The van der Waals surface area contributed by atoms with Crippen LogP contribution in [0.15, 0.2) is 0 Å². The van der Waals surface area contributed by atoms with Gasteiger partial charge >= 0.3 is 0 Å². The molecule has 0 radical (unpaired) electrons. The molecule has 0 aliphatic carbocycles. The molecule has 16 heavy (non-hydrogen) atoms. The standard InChI is InChI=1S/C9H16ClNO3S2/c1-9(2,3)14-8(15)11-7-5-16(12,13)4-6(7)10/h6-7H,4-5H2,1-3H3,(H,11,15)/t6-,7-/m0/s1. The van der Waals surface area contributed by atoms with Crippen molar-refractivity contribution >= 4 is 38.8 Å². The predicted molar refractivity (Wildman–Crippen MR) is 68.7 cm³/mol. The van der Waals surface area contributed by atoms with Gasteiger partial charge in [-0.1, -0.05) is 0 Å². The van der Waals surface area contributed by atoms with Crippen molar-refractivity contribution in [1.29, 1.82) is 0 Å². The van der Waals surface area contributed by atoms with Crippen molar-refractivity contribution in [1.82, 2.24) is 5.32 Å². The van der Waals surface area contributed by atoms with Crippen molar-refractivity contribution in [3.63, 3.8) is 0 Å². The summed E-state index contributed by atoms with van der Waals surface area (Å²) >= 11 is 10.9. The molecule has 1 N–H and O–H groups in total. The van der Waals surface area contributed by atoms with Gasteiger partial charge in [-0.2, -0.15) is 0 Å². The Bertz CT molecular complexity index is 375. The number of hydrogen-bond donors (Lipinski definition) is 1. The van der Waals surface area contributed by atoms with Crippen LogP contribution in [0.4, 0.5) is 0 Å². The third-order valence-corrected chi connectivity index (χ3v) is 4.56. The normalized spacial score (nSPS) is 28.8. The van der Waals surface area contributed by atoms with Gasteiger partial charge in [-0.15, -0.1) is 11.6 Å². The number of ether oxygens (including phenoxy) is 1. The van der Waals surface area contributed by atoms with Crippen LogP contribution in [0.25, 0.3) is 0 Å². The highest BCUT2D eigenvalue weighted by atomic mass is 35.5. The summed E-state index contributed by atoms with van der Waals surface area (Å²) in [6, 6.07) is -0.360. The van der Waals surface area contributed by atoms with Crippen LogP contribution in [0.1, 0.15) is 20.8 Å². The second-order valence-electron chi connectivity index (χ2n) is 4.85. The van der Waals surface area contributed by atoms with E-state index in [1.165, 1.54) is 0 Å². The summed E-state index contributed by atoms with van der Waals surface area (Å²) in [5.41, 5.74) is -0.399. The second kappa shape index (κ2) is 4.66. The minimum Gasteiger partial charge on any atom is -0.465 e. The first-order valence-electron chi connectivity index (χ1n) is 4.93. The zero-order valence-corrected chi connectivity index (χ0v) is 11.9. The molecule has 1 saturated heterocycles. The molecule has 0 spiro atoms. The van der Waals surface area contributed by atoms with E-state index < -0.39 is 20.8 Å². The molecule has 0 bridgehead atoms. The minimum atomic E-state index is -3.04. The smallest absolute Gasteiger partial charge is 0.257 e. The highest BCUT2D eigenvalue weighted by molar-refractivity contribution is 7.91.